The Hall–Kier alpha value is -2.14. The average molecular weight is 357 g/mol. The Labute approximate surface area is 152 Å². The van der Waals surface area contributed by atoms with Crippen molar-refractivity contribution in [3.63, 3.8) is 0 Å². The second-order valence-corrected chi connectivity index (χ2v) is 7.56. The molecular weight excluding hydrogens is 334 g/mol. The van der Waals surface area contributed by atoms with Crippen molar-refractivity contribution >= 4 is 23.2 Å². The summed E-state index contributed by atoms with van der Waals surface area (Å²) < 4.78 is 5.33. The van der Waals surface area contributed by atoms with Crippen LogP contribution < -0.4 is 0 Å². The number of nitrogens with zero attached hydrogens (tertiary/aromatic N) is 1. The lowest BCUT2D eigenvalue weighted by Gasteiger charge is -2.55. The molecule has 0 radical (unpaired) electrons. The minimum absolute atomic E-state index is 0.136. The van der Waals surface area contributed by atoms with Crippen LogP contribution in [-0.4, -0.2) is 23.4 Å². The van der Waals surface area contributed by atoms with Gasteiger partial charge in [-0.25, -0.2) is 0 Å². The molecule has 2 aromatic rings. The van der Waals surface area contributed by atoms with Crippen molar-refractivity contribution in [1.82, 2.24) is 4.90 Å². The van der Waals surface area contributed by atoms with Gasteiger partial charge < -0.3 is 9.64 Å². The van der Waals surface area contributed by atoms with E-state index in [-0.39, 0.29) is 24.5 Å². The minimum atomic E-state index is -1.13. The summed E-state index contributed by atoms with van der Waals surface area (Å²) in [7, 11) is 0. The fraction of sp³-hybridized carbons (Fsp3) is 0.400. The Kier molecular flexibility index (Phi) is 4.95. The summed E-state index contributed by atoms with van der Waals surface area (Å²) in [6, 6.07) is 13.5. The lowest BCUT2D eigenvalue weighted by Crippen LogP contribution is -2.68. The first-order valence-corrected chi connectivity index (χ1v) is 9.47. The van der Waals surface area contributed by atoms with Crippen molar-refractivity contribution in [3.05, 3.63) is 58.3 Å². The zero-order valence-electron chi connectivity index (χ0n) is 14.8. The van der Waals surface area contributed by atoms with Gasteiger partial charge in [0.25, 0.3) is 0 Å². The Morgan fingerprint density at radius 3 is 2.52 bits per heavy atom. The molecule has 132 valence electrons. The number of carbonyl (C=O) groups excluding carboxylic acids is 2. The molecule has 25 heavy (non-hydrogen) atoms. The molecular formula is C20H23NO3S. The van der Waals surface area contributed by atoms with E-state index in [1.54, 1.807) is 23.2 Å². The summed E-state index contributed by atoms with van der Waals surface area (Å²) in [5.41, 5.74) is -0.0750. The number of rotatable bonds is 6. The molecule has 1 aliphatic rings. The van der Waals surface area contributed by atoms with Gasteiger partial charge in [0.15, 0.2) is 5.41 Å². The normalized spacial score (nSPS) is 22.8. The van der Waals surface area contributed by atoms with Gasteiger partial charge in [-0.2, -0.15) is 0 Å². The van der Waals surface area contributed by atoms with Crippen LogP contribution in [0.3, 0.4) is 0 Å². The number of likely N-dealkylation sites (tertiary alicyclic amines) is 1. The number of benzene rings is 1. The first-order valence-electron chi connectivity index (χ1n) is 8.59. The molecule has 2 atom stereocenters. The summed E-state index contributed by atoms with van der Waals surface area (Å²) in [4.78, 5) is 28.8. The number of ether oxygens (including phenoxy) is 1. The minimum Gasteiger partial charge on any atom is -0.465 e. The molecule has 1 fully saturated rings. The molecule has 1 aliphatic heterocycles. The van der Waals surface area contributed by atoms with Crippen LogP contribution in [0.1, 0.15) is 37.3 Å². The number of thiophene rings is 1. The van der Waals surface area contributed by atoms with Crippen molar-refractivity contribution in [1.29, 1.82) is 0 Å². The SMILES string of the molecule is CCOC(=O)[C@@]1(C(C)C)C(=O)N(Cc2ccccc2)[C@H]1c1cccs1. The highest BCUT2D eigenvalue weighted by Crippen LogP contribution is 2.56. The van der Waals surface area contributed by atoms with Crippen molar-refractivity contribution in [3.8, 4) is 0 Å². The van der Waals surface area contributed by atoms with Crippen LogP contribution in [0.5, 0.6) is 0 Å². The van der Waals surface area contributed by atoms with Crippen molar-refractivity contribution in [2.24, 2.45) is 11.3 Å². The molecule has 1 saturated heterocycles. The molecule has 0 bridgehead atoms. The van der Waals surface area contributed by atoms with Crippen molar-refractivity contribution < 1.29 is 14.3 Å². The van der Waals surface area contributed by atoms with E-state index >= 15 is 0 Å². The molecule has 0 aliphatic carbocycles. The quantitative estimate of drug-likeness (QED) is 0.445. The molecule has 5 heteroatoms. The number of esters is 1. The highest BCUT2D eigenvalue weighted by molar-refractivity contribution is 7.10. The molecule has 1 aromatic carbocycles. The first-order chi connectivity index (χ1) is 12.0. The molecule has 0 N–H and O–H groups in total. The largest absolute Gasteiger partial charge is 0.465 e. The smallest absolute Gasteiger partial charge is 0.324 e. The van der Waals surface area contributed by atoms with E-state index in [2.05, 4.69) is 0 Å². The second-order valence-electron chi connectivity index (χ2n) is 6.58. The van der Waals surface area contributed by atoms with E-state index in [4.69, 9.17) is 4.74 Å². The van der Waals surface area contributed by atoms with Crippen LogP contribution in [0.25, 0.3) is 0 Å². The van der Waals surface area contributed by atoms with E-state index in [9.17, 15) is 9.59 Å². The van der Waals surface area contributed by atoms with Crippen LogP contribution >= 0.6 is 11.3 Å². The molecule has 3 rings (SSSR count). The second kappa shape index (κ2) is 7.00. The zero-order valence-corrected chi connectivity index (χ0v) is 15.6. The maximum atomic E-state index is 13.2. The third kappa shape index (κ3) is 2.76. The molecule has 0 spiro atoms. The van der Waals surface area contributed by atoms with Gasteiger partial charge in [-0.3, -0.25) is 9.59 Å². The Morgan fingerprint density at radius 1 is 1.24 bits per heavy atom. The van der Waals surface area contributed by atoms with Gasteiger partial charge in [-0.1, -0.05) is 50.2 Å². The van der Waals surface area contributed by atoms with E-state index in [0.29, 0.717) is 6.54 Å². The van der Waals surface area contributed by atoms with Gasteiger partial charge in [0.1, 0.15) is 0 Å². The molecule has 0 saturated carbocycles. The lowest BCUT2D eigenvalue weighted by molar-refractivity contribution is -0.198. The van der Waals surface area contributed by atoms with Crippen LogP contribution in [0.15, 0.2) is 47.8 Å². The van der Waals surface area contributed by atoms with Gasteiger partial charge in [0.05, 0.1) is 12.6 Å². The van der Waals surface area contributed by atoms with Crippen LogP contribution in [-0.2, 0) is 20.9 Å². The predicted octanol–water partition coefficient (Wildman–Crippen LogP) is 4.04. The number of amides is 1. The molecule has 4 nitrogen and oxygen atoms in total. The Morgan fingerprint density at radius 2 is 1.96 bits per heavy atom. The summed E-state index contributed by atoms with van der Waals surface area (Å²) in [5, 5.41) is 1.98. The van der Waals surface area contributed by atoms with E-state index < -0.39 is 11.4 Å². The summed E-state index contributed by atoms with van der Waals surface area (Å²) in [6.07, 6.45) is 0. The third-order valence-corrected chi connectivity index (χ3v) is 5.81. The van der Waals surface area contributed by atoms with Crippen LogP contribution in [0, 0.1) is 11.3 Å². The highest BCUT2D eigenvalue weighted by atomic mass is 32.1. The highest BCUT2D eigenvalue weighted by Gasteiger charge is 2.68. The number of β-lactam (4-membered cyclic amide) rings is 1. The molecule has 1 aromatic heterocycles. The van der Waals surface area contributed by atoms with E-state index in [0.717, 1.165) is 10.4 Å². The maximum Gasteiger partial charge on any atom is 0.324 e. The van der Waals surface area contributed by atoms with Gasteiger partial charge in [-0.15, -0.1) is 11.3 Å². The standard InChI is InChI=1S/C20H23NO3S/c1-4-24-19(23)20(14(2)3)17(16-11-8-12-25-16)21(18(20)22)13-15-9-6-5-7-10-15/h5-12,14,17H,4,13H2,1-3H3/t17-,20+/m0/s1. The number of hydrogen-bond donors (Lipinski definition) is 0. The average Bonchev–Trinajstić information content (AvgIpc) is 3.11. The molecule has 0 unspecified atom stereocenters. The van der Waals surface area contributed by atoms with Crippen LogP contribution in [0.2, 0.25) is 0 Å². The third-order valence-electron chi connectivity index (χ3n) is 4.89. The summed E-state index contributed by atoms with van der Waals surface area (Å²) in [6.45, 7) is 6.40. The number of carbonyl (C=O) groups is 2. The Bertz CT molecular complexity index is 742. The van der Waals surface area contributed by atoms with Gasteiger partial charge >= 0.3 is 5.97 Å². The maximum absolute atomic E-state index is 13.2. The van der Waals surface area contributed by atoms with Crippen molar-refractivity contribution in [2.75, 3.05) is 6.61 Å². The fourth-order valence-corrected chi connectivity index (χ4v) is 4.58. The zero-order chi connectivity index (χ0) is 18.0. The first kappa shape index (κ1) is 17.7. The van der Waals surface area contributed by atoms with Gasteiger partial charge in [-0.05, 0) is 29.9 Å². The fourth-order valence-electron chi connectivity index (χ4n) is 3.67. The summed E-state index contributed by atoms with van der Waals surface area (Å²) in [5.74, 6) is -0.681. The molecule has 1 amide bonds. The van der Waals surface area contributed by atoms with Crippen LogP contribution in [0.4, 0.5) is 0 Å². The van der Waals surface area contributed by atoms with Gasteiger partial charge in [0.2, 0.25) is 5.91 Å². The molecule has 2 heterocycles. The lowest BCUT2D eigenvalue weighted by atomic mass is 9.62. The topological polar surface area (TPSA) is 46.6 Å². The monoisotopic (exact) mass is 357 g/mol. The summed E-state index contributed by atoms with van der Waals surface area (Å²) >= 11 is 1.58. The number of hydrogen-bond acceptors (Lipinski definition) is 4. The Balaban J connectivity index is 2.01. The van der Waals surface area contributed by atoms with E-state index in [1.165, 1.54) is 0 Å². The van der Waals surface area contributed by atoms with E-state index in [1.807, 2.05) is 61.7 Å². The van der Waals surface area contributed by atoms with Gasteiger partial charge in [0, 0.05) is 11.4 Å². The predicted molar refractivity (Wildman–Crippen MR) is 98.0 cm³/mol. The van der Waals surface area contributed by atoms with Crippen molar-refractivity contribution in [2.45, 2.75) is 33.4 Å².